The summed E-state index contributed by atoms with van der Waals surface area (Å²) < 4.78 is 10.3. The van der Waals surface area contributed by atoms with E-state index in [4.69, 9.17) is 9.47 Å². The fraction of sp³-hybridized carbons (Fsp3) is 0.316. The zero-order chi connectivity index (χ0) is 18.7. The number of methoxy groups -OCH3 is 1. The first-order valence-corrected chi connectivity index (χ1v) is 9.07. The minimum Gasteiger partial charge on any atom is -0.484 e. The third kappa shape index (κ3) is 3.77. The average molecular weight is 373 g/mol. The molecule has 1 N–H and O–H groups in total. The quantitative estimate of drug-likeness (QED) is 0.621. The lowest BCUT2D eigenvalue weighted by Gasteiger charge is -2.09. The lowest BCUT2D eigenvalue weighted by Crippen LogP contribution is -2.21. The second-order valence-corrected chi connectivity index (χ2v) is 7.08. The van der Waals surface area contributed by atoms with E-state index < -0.39 is 5.97 Å². The molecule has 0 spiro atoms. The summed E-state index contributed by atoms with van der Waals surface area (Å²) in [6.45, 7) is 1.25. The molecular formula is C19H19NO5S. The maximum atomic E-state index is 12.2. The van der Waals surface area contributed by atoms with Gasteiger partial charge in [-0.15, -0.1) is 11.3 Å². The zero-order valence-electron chi connectivity index (χ0n) is 14.6. The largest absolute Gasteiger partial charge is 0.484 e. The van der Waals surface area contributed by atoms with Gasteiger partial charge in [0.2, 0.25) is 0 Å². The number of hydrogen-bond acceptors (Lipinski definition) is 6. The van der Waals surface area contributed by atoms with Gasteiger partial charge < -0.3 is 14.8 Å². The molecule has 26 heavy (non-hydrogen) atoms. The number of ether oxygens (including phenoxy) is 2. The lowest BCUT2D eigenvalue weighted by atomic mass is 10.1. The molecule has 1 aromatic heterocycles. The second kappa shape index (κ2) is 7.70. The Morgan fingerprint density at radius 2 is 2.04 bits per heavy atom. The van der Waals surface area contributed by atoms with Crippen LogP contribution in [0.3, 0.4) is 0 Å². The maximum Gasteiger partial charge on any atom is 0.341 e. The molecule has 0 fully saturated rings. The van der Waals surface area contributed by atoms with E-state index in [2.05, 4.69) is 5.32 Å². The number of anilines is 1. The van der Waals surface area contributed by atoms with Gasteiger partial charge in [-0.3, -0.25) is 9.59 Å². The minimum absolute atomic E-state index is 0.0734. The molecule has 1 aromatic carbocycles. The number of fused-ring (bicyclic) bond motifs is 1. The van der Waals surface area contributed by atoms with Crippen LogP contribution >= 0.6 is 11.3 Å². The van der Waals surface area contributed by atoms with Crippen molar-refractivity contribution < 1.29 is 23.9 Å². The molecule has 1 heterocycles. The zero-order valence-corrected chi connectivity index (χ0v) is 15.4. The van der Waals surface area contributed by atoms with Crippen molar-refractivity contribution in [3.8, 4) is 5.75 Å². The van der Waals surface area contributed by atoms with Crippen molar-refractivity contribution in [1.29, 1.82) is 0 Å². The normalized spacial score (nSPS) is 12.4. The highest BCUT2D eigenvalue weighted by atomic mass is 32.1. The van der Waals surface area contributed by atoms with Crippen LogP contribution in [0.2, 0.25) is 0 Å². The van der Waals surface area contributed by atoms with Gasteiger partial charge in [-0.25, -0.2) is 4.79 Å². The van der Waals surface area contributed by atoms with E-state index in [0.717, 1.165) is 29.7 Å². The number of esters is 1. The number of amides is 1. The van der Waals surface area contributed by atoms with Gasteiger partial charge >= 0.3 is 5.97 Å². The lowest BCUT2D eigenvalue weighted by molar-refractivity contribution is -0.118. The summed E-state index contributed by atoms with van der Waals surface area (Å²) in [6.07, 6.45) is 2.74. The first kappa shape index (κ1) is 18.1. The van der Waals surface area contributed by atoms with Gasteiger partial charge in [-0.1, -0.05) is 12.1 Å². The van der Waals surface area contributed by atoms with Gasteiger partial charge in [0.1, 0.15) is 10.8 Å². The molecule has 7 heteroatoms. The highest BCUT2D eigenvalue weighted by molar-refractivity contribution is 7.17. The van der Waals surface area contributed by atoms with Crippen LogP contribution in [0, 0.1) is 0 Å². The summed E-state index contributed by atoms with van der Waals surface area (Å²) in [5.41, 5.74) is 1.95. The van der Waals surface area contributed by atoms with Crippen molar-refractivity contribution in [1.82, 2.24) is 0 Å². The van der Waals surface area contributed by atoms with Gasteiger partial charge in [0.15, 0.2) is 12.4 Å². The fourth-order valence-electron chi connectivity index (χ4n) is 2.93. The summed E-state index contributed by atoms with van der Waals surface area (Å²) in [5.74, 6) is -0.441. The topological polar surface area (TPSA) is 81.7 Å². The Kier molecular flexibility index (Phi) is 5.37. The minimum atomic E-state index is -0.435. The molecule has 0 radical (unpaired) electrons. The Balaban J connectivity index is 1.68. The summed E-state index contributed by atoms with van der Waals surface area (Å²) in [6, 6.07) is 6.66. The van der Waals surface area contributed by atoms with Gasteiger partial charge in [-0.05, 0) is 43.9 Å². The summed E-state index contributed by atoms with van der Waals surface area (Å²) in [4.78, 5) is 36.9. The summed E-state index contributed by atoms with van der Waals surface area (Å²) in [7, 11) is 1.33. The van der Waals surface area contributed by atoms with Crippen LogP contribution in [-0.4, -0.2) is 31.4 Å². The number of hydrogen-bond donors (Lipinski definition) is 1. The predicted octanol–water partition coefficient (Wildman–Crippen LogP) is 3.24. The second-order valence-electron chi connectivity index (χ2n) is 5.97. The van der Waals surface area contributed by atoms with Crippen LogP contribution in [0.4, 0.5) is 5.00 Å². The third-order valence-corrected chi connectivity index (χ3v) is 5.38. The van der Waals surface area contributed by atoms with Crippen LogP contribution in [0.25, 0.3) is 0 Å². The fourth-order valence-corrected chi connectivity index (χ4v) is 4.22. The van der Waals surface area contributed by atoms with Crippen LogP contribution in [-0.2, 0) is 22.4 Å². The van der Waals surface area contributed by atoms with Crippen LogP contribution in [0.1, 0.15) is 44.5 Å². The Bertz CT molecular complexity index is 871. The molecule has 1 aliphatic carbocycles. The van der Waals surface area contributed by atoms with E-state index in [-0.39, 0.29) is 18.3 Å². The number of thiophene rings is 1. The highest BCUT2D eigenvalue weighted by Gasteiger charge is 2.28. The van der Waals surface area contributed by atoms with Crippen molar-refractivity contribution in [2.45, 2.75) is 26.2 Å². The summed E-state index contributed by atoms with van der Waals surface area (Å²) >= 11 is 1.42. The smallest absolute Gasteiger partial charge is 0.341 e. The molecular weight excluding hydrogens is 354 g/mol. The molecule has 0 unspecified atom stereocenters. The van der Waals surface area contributed by atoms with Crippen LogP contribution in [0.15, 0.2) is 24.3 Å². The molecule has 0 atom stereocenters. The van der Waals surface area contributed by atoms with E-state index >= 15 is 0 Å². The first-order valence-electron chi connectivity index (χ1n) is 8.26. The number of benzene rings is 1. The Labute approximate surface area is 155 Å². The molecule has 6 nitrogen and oxygen atoms in total. The van der Waals surface area contributed by atoms with Gasteiger partial charge in [0.25, 0.3) is 5.91 Å². The Hall–Kier alpha value is -2.67. The number of nitrogens with one attached hydrogen (secondary N) is 1. The van der Waals surface area contributed by atoms with Crippen LogP contribution in [0.5, 0.6) is 5.75 Å². The molecule has 1 aliphatic rings. The highest BCUT2D eigenvalue weighted by Crippen LogP contribution is 2.39. The van der Waals surface area contributed by atoms with E-state index in [9.17, 15) is 14.4 Å². The van der Waals surface area contributed by atoms with Gasteiger partial charge in [0, 0.05) is 10.4 Å². The number of ketones is 1. The van der Waals surface area contributed by atoms with Crippen molar-refractivity contribution in [2.24, 2.45) is 0 Å². The Morgan fingerprint density at radius 1 is 1.23 bits per heavy atom. The number of Topliss-reactive ketones (excluding diaryl/α,β-unsaturated/α-hetero) is 1. The van der Waals surface area contributed by atoms with E-state index in [1.54, 1.807) is 24.3 Å². The molecule has 1 amide bonds. The average Bonchev–Trinajstić information content (AvgIpc) is 3.20. The molecule has 0 bridgehead atoms. The van der Waals surface area contributed by atoms with E-state index in [1.807, 2.05) is 0 Å². The van der Waals surface area contributed by atoms with Crippen LogP contribution < -0.4 is 10.1 Å². The SMILES string of the molecule is COC(=O)c1c(NC(=O)COc2cccc(C(C)=O)c2)sc2c1CCC2. The molecule has 2 aromatic rings. The number of rotatable bonds is 6. The standard InChI is InChI=1S/C19H19NO5S/c1-11(21)12-5-3-6-13(9-12)25-10-16(22)20-18-17(19(23)24-2)14-7-4-8-15(14)26-18/h3,5-6,9H,4,7-8,10H2,1-2H3,(H,20,22). The summed E-state index contributed by atoms with van der Waals surface area (Å²) in [5, 5.41) is 3.26. The van der Waals surface area contributed by atoms with E-state index in [0.29, 0.717) is 21.9 Å². The van der Waals surface area contributed by atoms with Gasteiger partial charge in [-0.2, -0.15) is 0 Å². The predicted molar refractivity (Wildman–Crippen MR) is 98.3 cm³/mol. The number of carbonyl (C=O) groups is 3. The molecule has 0 saturated carbocycles. The monoisotopic (exact) mass is 373 g/mol. The number of aryl methyl sites for hydroxylation is 1. The number of carbonyl (C=O) groups excluding carboxylic acids is 3. The molecule has 0 saturated heterocycles. The van der Waals surface area contributed by atoms with Crippen molar-refractivity contribution in [2.75, 3.05) is 19.0 Å². The first-order chi connectivity index (χ1) is 12.5. The molecule has 3 rings (SSSR count). The van der Waals surface area contributed by atoms with Gasteiger partial charge in [0.05, 0.1) is 12.7 Å². The molecule has 136 valence electrons. The Morgan fingerprint density at radius 3 is 2.77 bits per heavy atom. The van der Waals surface area contributed by atoms with E-state index in [1.165, 1.54) is 25.4 Å². The molecule has 0 aliphatic heterocycles. The maximum absolute atomic E-state index is 12.2. The van der Waals surface area contributed by atoms with Crippen molar-refractivity contribution in [3.63, 3.8) is 0 Å². The third-order valence-electron chi connectivity index (χ3n) is 4.17. The van der Waals surface area contributed by atoms with Crippen molar-refractivity contribution >= 4 is 34.0 Å². The van der Waals surface area contributed by atoms with Crippen molar-refractivity contribution in [3.05, 3.63) is 45.8 Å².